The number of fused-ring (bicyclic) bond motifs is 2. The van der Waals surface area contributed by atoms with E-state index in [9.17, 15) is 14.4 Å². The molecule has 6 heteroatoms. The van der Waals surface area contributed by atoms with Crippen molar-refractivity contribution in [1.29, 1.82) is 0 Å². The molecule has 114 valence electrons. The van der Waals surface area contributed by atoms with Crippen molar-refractivity contribution in [3.8, 4) is 0 Å². The smallest absolute Gasteiger partial charge is 0.238 e. The second-order valence-electron chi connectivity index (χ2n) is 6.27. The first kappa shape index (κ1) is 14.6. The second-order valence-corrected chi connectivity index (χ2v) is 8.04. The van der Waals surface area contributed by atoms with Crippen LogP contribution in [0.2, 0.25) is 0 Å². The number of benzene rings is 1. The normalized spacial score (nSPS) is 33.5. The maximum Gasteiger partial charge on any atom is 0.238 e. The highest BCUT2D eigenvalue weighted by Gasteiger charge is 2.61. The van der Waals surface area contributed by atoms with E-state index in [1.165, 1.54) is 4.90 Å². The van der Waals surface area contributed by atoms with E-state index in [4.69, 9.17) is 0 Å². The number of halogens is 2. The maximum atomic E-state index is 12.9. The lowest BCUT2D eigenvalue weighted by atomic mass is 9.59. The van der Waals surface area contributed by atoms with Crippen LogP contribution in [0.25, 0.3) is 0 Å². The molecule has 2 amide bonds. The Morgan fingerprint density at radius 3 is 2.45 bits per heavy atom. The monoisotopic (exact) mass is 425 g/mol. The third-order valence-electron chi connectivity index (χ3n) is 5.21. The molecule has 0 aromatic heterocycles. The van der Waals surface area contributed by atoms with Crippen LogP contribution in [0.4, 0.5) is 5.69 Å². The summed E-state index contributed by atoms with van der Waals surface area (Å²) in [6, 6.07) is 5.42. The van der Waals surface area contributed by atoms with Gasteiger partial charge < -0.3 is 0 Å². The summed E-state index contributed by atoms with van der Waals surface area (Å²) < 4.78 is 1.51. The molecule has 3 saturated carbocycles. The van der Waals surface area contributed by atoms with Crippen molar-refractivity contribution in [1.82, 2.24) is 0 Å². The van der Waals surface area contributed by atoms with Gasteiger partial charge in [0.05, 0.1) is 17.5 Å². The van der Waals surface area contributed by atoms with Gasteiger partial charge in [0.1, 0.15) is 5.78 Å². The van der Waals surface area contributed by atoms with Crippen LogP contribution in [0.1, 0.15) is 19.3 Å². The number of imide groups is 1. The Bertz CT molecular complexity index is 717. The Hall–Kier alpha value is -1.01. The van der Waals surface area contributed by atoms with E-state index in [0.29, 0.717) is 16.6 Å². The third-order valence-corrected chi connectivity index (χ3v) is 6.38. The Balaban J connectivity index is 1.80. The summed E-state index contributed by atoms with van der Waals surface area (Å²) in [6.07, 6.45) is 2.08. The number of ketones is 1. The molecular formula is C16H13Br2NO3. The Kier molecular flexibility index (Phi) is 3.31. The molecule has 1 aromatic carbocycles. The van der Waals surface area contributed by atoms with Gasteiger partial charge in [0.2, 0.25) is 11.8 Å². The zero-order valence-corrected chi connectivity index (χ0v) is 14.8. The van der Waals surface area contributed by atoms with Crippen LogP contribution >= 0.6 is 31.9 Å². The molecule has 0 spiro atoms. The highest BCUT2D eigenvalue weighted by atomic mass is 79.9. The number of anilines is 1. The lowest BCUT2D eigenvalue weighted by molar-refractivity contribution is -0.143. The van der Waals surface area contributed by atoms with Crippen LogP contribution in [0, 0.1) is 23.7 Å². The van der Waals surface area contributed by atoms with Crippen molar-refractivity contribution >= 4 is 55.1 Å². The first-order chi connectivity index (χ1) is 10.5. The molecule has 0 N–H and O–H groups in total. The number of carbonyl (C=O) groups is 3. The van der Waals surface area contributed by atoms with Crippen molar-refractivity contribution in [3.63, 3.8) is 0 Å². The molecule has 1 aliphatic heterocycles. The average molecular weight is 427 g/mol. The lowest BCUT2D eigenvalue weighted by Gasteiger charge is -2.41. The zero-order chi connectivity index (χ0) is 15.6. The molecule has 4 atom stereocenters. The molecule has 4 aliphatic rings. The van der Waals surface area contributed by atoms with Gasteiger partial charge >= 0.3 is 0 Å². The van der Waals surface area contributed by atoms with E-state index < -0.39 is 5.92 Å². The minimum absolute atomic E-state index is 0.0369. The van der Waals surface area contributed by atoms with Gasteiger partial charge in [-0.3, -0.25) is 14.4 Å². The van der Waals surface area contributed by atoms with Gasteiger partial charge in [0.25, 0.3) is 0 Å². The van der Waals surface area contributed by atoms with Crippen molar-refractivity contribution in [3.05, 3.63) is 27.1 Å². The van der Waals surface area contributed by atoms with E-state index in [0.717, 1.165) is 17.3 Å². The molecule has 1 heterocycles. The van der Waals surface area contributed by atoms with Crippen molar-refractivity contribution in [2.45, 2.75) is 19.3 Å². The van der Waals surface area contributed by atoms with Gasteiger partial charge in [-0.1, -0.05) is 15.9 Å². The van der Waals surface area contributed by atoms with Crippen LogP contribution in [-0.2, 0) is 14.4 Å². The van der Waals surface area contributed by atoms with Crippen LogP contribution in [0.15, 0.2) is 27.1 Å². The number of nitrogens with zero attached hydrogens (tertiary/aromatic N) is 1. The Labute approximate surface area is 144 Å². The lowest BCUT2D eigenvalue weighted by Crippen LogP contribution is -2.46. The standard InChI is InChI=1S/C16H13Br2NO3/c17-8-2-4-10(18)11(6-8)19-15(21)13-7-1-3-9(12(20)5-7)14(13)16(19)22/h2,4,6-7,9,13-14H,1,3,5H2/t7-,9+,13+,14-/m0/s1. The topological polar surface area (TPSA) is 54.5 Å². The van der Waals surface area contributed by atoms with Gasteiger partial charge in [0, 0.05) is 21.3 Å². The first-order valence-electron chi connectivity index (χ1n) is 7.34. The predicted octanol–water partition coefficient (Wildman–Crippen LogP) is 3.32. The van der Waals surface area contributed by atoms with Gasteiger partial charge in [-0.2, -0.15) is 0 Å². The van der Waals surface area contributed by atoms with E-state index in [-0.39, 0.29) is 35.4 Å². The number of rotatable bonds is 1. The summed E-state index contributed by atoms with van der Waals surface area (Å²) in [5, 5.41) is 0. The van der Waals surface area contributed by atoms with Gasteiger partial charge in [0.15, 0.2) is 0 Å². The van der Waals surface area contributed by atoms with Crippen LogP contribution < -0.4 is 4.90 Å². The van der Waals surface area contributed by atoms with Crippen molar-refractivity contribution < 1.29 is 14.4 Å². The summed E-state index contributed by atoms with van der Waals surface area (Å²) in [5.41, 5.74) is 0.561. The van der Waals surface area contributed by atoms with E-state index >= 15 is 0 Å². The van der Waals surface area contributed by atoms with Crippen LogP contribution in [0.3, 0.4) is 0 Å². The number of Topliss-reactive ketones (excluding diaryl/α,β-unsaturated/α-hetero) is 1. The van der Waals surface area contributed by atoms with Crippen LogP contribution in [0.5, 0.6) is 0 Å². The Morgan fingerprint density at radius 2 is 1.73 bits per heavy atom. The maximum absolute atomic E-state index is 12.9. The summed E-state index contributed by atoms with van der Waals surface area (Å²) in [6.45, 7) is 0. The van der Waals surface area contributed by atoms with Crippen molar-refractivity contribution in [2.24, 2.45) is 23.7 Å². The molecular weight excluding hydrogens is 414 g/mol. The fourth-order valence-electron chi connectivity index (χ4n) is 4.28. The van der Waals surface area contributed by atoms with E-state index in [1.54, 1.807) is 6.07 Å². The quantitative estimate of drug-likeness (QED) is 0.647. The van der Waals surface area contributed by atoms with E-state index in [2.05, 4.69) is 31.9 Å². The highest BCUT2D eigenvalue weighted by molar-refractivity contribution is 9.11. The zero-order valence-electron chi connectivity index (χ0n) is 11.6. The minimum Gasteiger partial charge on any atom is -0.299 e. The molecule has 3 aliphatic carbocycles. The number of carbonyl (C=O) groups excluding carboxylic acids is 3. The molecule has 4 fully saturated rings. The highest BCUT2D eigenvalue weighted by Crippen LogP contribution is 2.52. The van der Waals surface area contributed by atoms with Gasteiger partial charge in [-0.05, 0) is 52.9 Å². The summed E-state index contributed by atoms with van der Waals surface area (Å²) >= 11 is 6.80. The third kappa shape index (κ3) is 1.89. The largest absolute Gasteiger partial charge is 0.299 e. The fourth-order valence-corrected chi connectivity index (χ4v) is 5.05. The van der Waals surface area contributed by atoms with Crippen LogP contribution in [-0.4, -0.2) is 17.6 Å². The van der Waals surface area contributed by atoms with Crippen molar-refractivity contribution in [2.75, 3.05) is 4.90 Å². The summed E-state index contributed by atoms with van der Waals surface area (Å²) in [5.74, 6) is -1.17. The minimum atomic E-state index is -0.446. The first-order valence-corrected chi connectivity index (χ1v) is 8.93. The molecule has 1 aromatic rings. The fraction of sp³-hybridized carbons (Fsp3) is 0.438. The SMILES string of the molecule is O=C1C[C@@H]2CC[C@H]1[C@@H]1C(=O)N(c3cc(Br)ccc3Br)C(=O)[C@H]21. The molecule has 0 radical (unpaired) electrons. The number of hydrogen-bond donors (Lipinski definition) is 0. The van der Waals surface area contributed by atoms with Gasteiger partial charge in [-0.25, -0.2) is 4.90 Å². The molecule has 2 bridgehead atoms. The predicted molar refractivity (Wildman–Crippen MR) is 87.2 cm³/mol. The summed E-state index contributed by atoms with van der Waals surface area (Å²) in [7, 11) is 0. The van der Waals surface area contributed by atoms with Gasteiger partial charge in [-0.15, -0.1) is 0 Å². The summed E-state index contributed by atoms with van der Waals surface area (Å²) in [4.78, 5) is 39.1. The second kappa shape index (κ2) is 4.99. The molecule has 0 unspecified atom stereocenters. The Morgan fingerprint density at radius 1 is 1.00 bits per heavy atom. The molecule has 4 nitrogen and oxygen atoms in total. The molecule has 5 rings (SSSR count). The van der Waals surface area contributed by atoms with E-state index in [1.807, 2.05) is 12.1 Å². The number of amides is 2. The average Bonchev–Trinajstić information content (AvgIpc) is 2.76. The molecule has 1 saturated heterocycles. The number of hydrogen-bond acceptors (Lipinski definition) is 3. The molecule has 22 heavy (non-hydrogen) atoms.